The summed E-state index contributed by atoms with van der Waals surface area (Å²) in [6, 6.07) is 3.91. The van der Waals surface area contributed by atoms with Crippen LogP contribution in [0.1, 0.15) is 0 Å². The summed E-state index contributed by atoms with van der Waals surface area (Å²) in [5, 5.41) is 2.42. The summed E-state index contributed by atoms with van der Waals surface area (Å²) in [6.07, 6.45) is 0. The minimum absolute atomic E-state index is 0.168. The van der Waals surface area contributed by atoms with Gasteiger partial charge in [-0.15, -0.1) is 11.6 Å². The van der Waals surface area contributed by atoms with E-state index in [1.165, 1.54) is 25.3 Å². The number of carbonyl (C=O) groups excluding carboxylic acids is 1. The van der Waals surface area contributed by atoms with Crippen molar-refractivity contribution in [1.29, 1.82) is 0 Å². The molecule has 0 unspecified atom stereocenters. The van der Waals surface area contributed by atoms with Crippen molar-refractivity contribution in [3.63, 3.8) is 0 Å². The molecule has 0 aromatic heterocycles. The summed E-state index contributed by atoms with van der Waals surface area (Å²) in [5.41, 5.74) is 0.326. The zero-order chi connectivity index (χ0) is 10.6. The second kappa shape index (κ2) is 4.81. The minimum Gasteiger partial charge on any atom is -0.497 e. The molecule has 3 nitrogen and oxygen atoms in total. The fourth-order valence-electron chi connectivity index (χ4n) is 0.947. The van der Waals surface area contributed by atoms with Crippen molar-refractivity contribution in [3.05, 3.63) is 24.0 Å². The lowest BCUT2D eigenvalue weighted by Gasteiger charge is -2.05. The summed E-state index contributed by atoms with van der Waals surface area (Å²) >= 11 is 5.28. The molecule has 0 bridgehead atoms. The molecular formula is C9H9ClFNO2. The maximum atomic E-state index is 12.9. The van der Waals surface area contributed by atoms with Crippen molar-refractivity contribution in [2.75, 3.05) is 18.3 Å². The van der Waals surface area contributed by atoms with Gasteiger partial charge in [-0.3, -0.25) is 4.79 Å². The number of amides is 1. The topological polar surface area (TPSA) is 38.3 Å². The quantitative estimate of drug-likeness (QED) is 0.787. The van der Waals surface area contributed by atoms with Crippen LogP contribution in [0.4, 0.5) is 10.1 Å². The molecular weight excluding hydrogens is 209 g/mol. The third-order valence-electron chi connectivity index (χ3n) is 1.51. The zero-order valence-corrected chi connectivity index (χ0v) is 8.27. The van der Waals surface area contributed by atoms with Gasteiger partial charge in [0.05, 0.1) is 7.11 Å². The standard InChI is InChI=1S/C9H9ClFNO2/c1-14-8-3-6(11)2-7(4-8)12-9(13)5-10/h2-4H,5H2,1H3,(H,12,13). The Labute approximate surface area is 85.8 Å². The maximum absolute atomic E-state index is 12.9. The number of ether oxygens (including phenoxy) is 1. The molecule has 0 saturated heterocycles. The van der Waals surface area contributed by atoms with Crippen LogP contribution in [-0.4, -0.2) is 18.9 Å². The second-order valence-corrected chi connectivity index (χ2v) is 2.83. The number of alkyl halides is 1. The lowest BCUT2D eigenvalue weighted by atomic mass is 10.3. The van der Waals surface area contributed by atoms with Gasteiger partial charge in [-0.25, -0.2) is 4.39 Å². The fraction of sp³-hybridized carbons (Fsp3) is 0.222. The first-order valence-electron chi connectivity index (χ1n) is 3.86. The van der Waals surface area contributed by atoms with E-state index in [1.807, 2.05) is 0 Å². The van der Waals surface area contributed by atoms with Gasteiger partial charge >= 0.3 is 0 Å². The van der Waals surface area contributed by atoms with Gasteiger partial charge in [-0.1, -0.05) is 0 Å². The van der Waals surface area contributed by atoms with Gasteiger partial charge in [-0.05, 0) is 6.07 Å². The fourth-order valence-corrected chi connectivity index (χ4v) is 1.01. The van der Waals surface area contributed by atoms with E-state index in [0.29, 0.717) is 11.4 Å². The Balaban J connectivity index is 2.86. The highest BCUT2D eigenvalue weighted by Crippen LogP contribution is 2.19. The predicted molar refractivity (Wildman–Crippen MR) is 52.3 cm³/mol. The average molecular weight is 218 g/mol. The van der Waals surface area contributed by atoms with Crippen molar-refractivity contribution in [3.8, 4) is 5.75 Å². The lowest BCUT2D eigenvalue weighted by Crippen LogP contribution is -2.12. The van der Waals surface area contributed by atoms with Gasteiger partial charge in [0.15, 0.2) is 0 Å². The first kappa shape index (κ1) is 10.8. The Morgan fingerprint density at radius 1 is 1.57 bits per heavy atom. The molecule has 1 aromatic rings. The SMILES string of the molecule is COc1cc(F)cc(NC(=O)CCl)c1. The van der Waals surface area contributed by atoms with E-state index >= 15 is 0 Å². The maximum Gasteiger partial charge on any atom is 0.239 e. The number of hydrogen-bond donors (Lipinski definition) is 1. The Morgan fingerprint density at radius 3 is 2.86 bits per heavy atom. The third kappa shape index (κ3) is 2.88. The first-order valence-corrected chi connectivity index (χ1v) is 4.39. The van der Waals surface area contributed by atoms with Crippen molar-refractivity contribution >= 4 is 23.2 Å². The monoisotopic (exact) mass is 217 g/mol. The van der Waals surface area contributed by atoms with Crippen LogP contribution in [0.5, 0.6) is 5.75 Å². The average Bonchev–Trinajstić information content (AvgIpc) is 2.16. The van der Waals surface area contributed by atoms with Crippen LogP contribution in [0, 0.1) is 5.82 Å². The Hall–Kier alpha value is -1.29. The molecule has 1 N–H and O–H groups in total. The van der Waals surface area contributed by atoms with Crippen LogP contribution in [0.25, 0.3) is 0 Å². The van der Waals surface area contributed by atoms with Crippen molar-refractivity contribution < 1.29 is 13.9 Å². The molecule has 1 amide bonds. The number of benzene rings is 1. The van der Waals surface area contributed by atoms with Gasteiger partial charge in [0.25, 0.3) is 0 Å². The molecule has 0 atom stereocenters. The summed E-state index contributed by atoms with van der Waals surface area (Å²) < 4.78 is 17.7. The number of nitrogens with one attached hydrogen (secondary N) is 1. The van der Waals surface area contributed by atoms with Crippen molar-refractivity contribution in [1.82, 2.24) is 0 Å². The van der Waals surface area contributed by atoms with E-state index in [4.69, 9.17) is 16.3 Å². The van der Waals surface area contributed by atoms with Crippen LogP contribution >= 0.6 is 11.6 Å². The Morgan fingerprint density at radius 2 is 2.29 bits per heavy atom. The summed E-state index contributed by atoms with van der Waals surface area (Å²) in [4.78, 5) is 10.9. The van der Waals surface area contributed by atoms with Crippen LogP contribution in [0.15, 0.2) is 18.2 Å². The molecule has 1 aromatic carbocycles. The lowest BCUT2D eigenvalue weighted by molar-refractivity contribution is -0.113. The third-order valence-corrected chi connectivity index (χ3v) is 1.75. The molecule has 0 spiro atoms. The molecule has 5 heteroatoms. The number of hydrogen-bond acceptors (Lipinski definition) is 2. The Bertz CT molecular complexity index is 344. The van der Waals surface area contributed by atoms with E-state index in [2.05, 4.69) is 5.32 Å². The van der Waals surface area contributed by atoms with Gasteiger partial charge in [0.1, 0.15) is 17.4 Å². The normalized spacial score (nSPS) is 9.64. The summed E-state index contributed by atoms with van der Waals surface area (Å²) in [7, 11) is 1.42. The minimum atomic E-state index is -0.478. The molecule has 0 saturated carbocycles. The van der Waals surface area contributed by atoms with Crippen molar-refractivity contribution in [2.24, 2.45) is 0 Å². The van der Waals surface area contributed by atoms with E-state index in [1.54, 1.807) is 0 Å². The van der Waals surface area contributed by atoms with Gasteiger partial charge < -0.3 is 10.1 Å². The highest BCUT2D eigenvalue weighted by Gasteiger charge is 2.03. The van der Waals surface area contributed by atoms with E-state index < -0.39 is 5.82 Å². The van der Waals surface area contributed by atoms with Crippen LogP contribution < -0.4 is 10.1 Å². The highest BCUT2D eigenvalue weighted by atomic mass is 35.5. The number of methoxy groups -OCH3 is 1. The van der Waals surface area contributed by atoms with Crippen LogP contribution in [-0.2, 0) is 4.79 Å². The molecule has 0 fully saturated rings. The smallest absolute Gasteiger partial charge is 0.239 e. The molecule has 0 aliphatic carbocycles. The second-order valence-electron chi connectivity index (χ2n) is 2.56. The molecule has 0 heterocycles. The van der Waals surface area contributed by atoms with E-state index in [9.17, 15) is 9.18 Å². The number of rotatable bonds is 3. The highest BCUT2D eigenvalue weighted by molar-refractivity contribution is 6.29. The Kier molecular flexibility index (Phi) is 3.71. The summed E-state index contributed by atoms with van der Waals surface area (Å²) in [6.45, 7) is 0. The molecule has 76 valence electrons. The zero-order valence-electron chi connectivity index (χ0n) is 7.51. The van der Waals surface area contributed by atoms with Crippen LogP contribution in [0.2, 0.25) is 0 Å². The number of anilines is 1. The molecule has 0 aliphatic heterocycles. The van der Waals surface area contributed by atoms with Gasteiger partial charge in [0.2, 0.25) is 5.91 Å². The summed E-state index contributed by atoms with van der Waals surface area (Å²) in [5.74, 6) is -0.692. The van der Waals surface area contributed by atoms with Gasteiger partial charge in [0, 0.05) is 17.8 Å². The molecule has 0 aliphatic rings. The largest absolute Gasteiger partial charge is 0.497 e. The number of carbonyl (C=O) groups is 1. The van der Waals surface area contributed by atoms with Crippen LogP contribution in [0.3, 0.4) is 0 Å². The molecule has 1 rings (SSSR count). The van der Waals surface area contributed by atoms with E-state index in [-0.39, 0.29) is 11.8 Å². The first-order chi connectivity index (χ1) is 6.65. The van der Waals surface area contributed by atoms with E-state index in [0.717, 1.165) is 0 Å². The number of halogens is 2. The van der Waals surface area contributed by atoms with Gasteiger partial charge in [-0.2, -0.15) is 0 Å². The molecule has 0 radical (unpaired) electrons. The molecule has 14 heavy (non-hydrogen) atoms. The van der Waals surface area contributed by atoms with Crippen molar-refractivity contribution in [2.45, 2.75) is 0 Å². The predicted octanol–water partition coefficient (Wildman–Crippen LogP) is 2.01.